The first-order chi connectivity index (χ1) is 42.2. The summed E-state index contributed by atoms with van der Waals surface area (Å²) in [7, 11) is -3.29. The molecule has 1 spiro atoms. The Bertz CT molecular complexity index is 3740. The predicted molar refractivity (Wildman–Crippen MR) is 319 cm³/mol. The number of ether oxygens (including phenoxy) is 6. The average Bonchev–Trinajstić information content (AvgIpc) is 1.30. The summed E-state index contributed by atoms with van der Waals surface area (Å²) in [6, 6.07) is 16.6. The Morgan fingerprint density at radius 1 is 0.908 bits per heavy atom. The molecule has 6 aromatic rings. The van der Waals surface area contributed by atoms with E-state index in [1.165, 1.54) is 11.1 Å². The van der Waals surface area contributed by atoms with E-state index in [-0.39, 0.29) is 77.6 Å². The van der Waals surface area contributed by atoms with E-state index in [1.807, 2.05) is 10.9 Å². The van der Waals surface area contributed by atoms with E-state index in [2.05, 4.69) is 62.3 Å². The number of nitrogens with zero attached hydrogens (tertiary/aromatic N) is 8. The maximum absolute atomic E-state index is 18.5. The van der Waals surface area contributed by atoms with Crippen molar-refractivity contribution in [1.29, 1.82) is 0 Å². The number of nitro groups is 1. The Morgan fingerprint density at radius 2 is 1.69 bits per heavy atom. The van der Waals surface area contributed by atoms with Gasteiger partial charge in [-0.3, -0.25) is 24.7 Å². The number of amides is 1. The number of anilines is 5. The third kappa shape index (κ3) is 10.8. The molecule has 8 aliphatic rings. The van der Waals surface area contributed by atoms with Crippen LogP contribution in [-0.4, -0.2) is 167 Å². The number of pyridine rings is 2. The number of aromatic nitrogens is 3. The second kappa shape index (κ2) is 23.3. The number of benzene rings is 3. The van der Waals surface area contributed by atoms with Gasteiger partial charge in [-0.05, 0) is 104 Å². The number of nitrogens with one attached hydrogen (secondary N) is 3. The number of methoxy groups -OCH3 is 1. The van der Waals surface area contributed by atoms with Crippen molar-refractivity contribution in [3.63, 3.8) is 0 Å². The number of aryl methyl sites for hydroxylation is 1. The number of carbonyl (C=O) groups excluding carboxylic acids is 1. The summed E-state index contributed by atoms with van der Waals surface area (Å²) >= 11 is 0. The van der Waals surface area contributed by atoms with Crippen molar-refractivity contribution in [2.75, 3.05) is 119 Å². The fourth-order valence-electron chi connectivity index (χ4n) is 14.8. The summed E-state index contributed by atoms with van der Waals surface area (Å²) in [5, 5.41) is 16.5. The van der Waals surface area contributed by atoms with Crippen LogP contribution in [0.2, 0.25) is 0 Å². The third-order valence-electron chi connectivity index (χ3n) is 19.5. The molecule has 3 aromatic heterocycles. The second-order valence-electron chi connectivity index (χ2n) is 24.5. The van der Waals surface area contributed by atoms with E-state index < -0.39 is 60.8 Å². The summed E-state index contributed by atoms with van der Waals surface area (Å²) in [5.74, 6) is -1.77. The number of morpholine rings is 1. The number of carbonyl (C=O) groups is 1. The van der Waals surface area contributed by atoms with Crippen LogP contribution >= 0.6 is 0 Å². The molecule has 14 rings (SSSR count). The predicted octanol–water partition coefficient (Wildman–Crippen LogP) is 8.01. The van der Waals surface area contributed by atoms with E-state index in [0.717, 1.165) is 87.4 Å². The SMILES string of the molecule is COc1cc(CN2CCN(C3CC4(CCN(c5c(F)cc(C(=O)NS(=O)(=O)c6cc7c(c([N+](=O)[O-])c6)N[C@H](C6CCOCC6)CO7)c(N6c7cc8cc[nH]c8nc7O[C@H]7COCC[C@@H]76)c5F)CC4)C3)[C@H](c3ccccc3C)C2)cnc1N1CCOCC1. The van der Waals surface area contributed by atoms with Gasteiger partial charge in [0.15, 0.2) is 28.8 Å². The number of hydrogen-bond donors (Lipinski definition) is 3. The first-order valence-electron chi connectivity index (χ1n) is 30.3. The quantitative estimate of drug-likeness (QED) is 0.0734. The number of hydrogen-bond acceptors (Lipinski definition) is 19. The zero-order chi connectivity index (χ0) is 59.7. The van der Waals surface area contributed by atoms with Gasteiger partial charge in [-0.15, -0.1) is 0 Å². The molecule has 0 unspecified atom stereocenters. The monoisotopic (exact) mass is 1220 g/mol. The van der Waals surface area contributed by atoms with Gasteiger partial charge in [-0.1, -0.05) is 24.3 Å². The van der Waals surface area contributed by atoms with E-state index in [0.29, 0.717) is 88.7 Å². The highest BCUT2D eigenvalue weighted by atomic mass is 32.2. The topological polar surface area (TPSA) is 232 Å². The van der Waals surface area contributed by atoms with Crippen molar-refractivity contribution < 1.29 is 55.3 Å². The highest BCUT2D eigenvalue weighted by Gasteiger charge is 2.51. The summed E-state index contributed by atoms with van der Waals surface area (Å²) in [6.45, 7) is 10.5. The van der Waals surface area contributed by atoms with Gasteiger partial charge in [0.25, 0.3) is 21.6 Å². The Balaban J connectivity index is 0.735. The number of piperidine rings is 1. The van der Waals surface area contributed by atoms with Gasteiger partial charge in [0.05, 0.1) is 60.1 Å². The van der Waals surface area contributed by atoms with Gasteiger partial charge in [0.1, 0.15) is 35.6 Å². The van der Waals surface area contributed by atoms with E-state index in [4.69, 9.17) is 38.4 Å². The molecule has 25 heteroatoms. The van der Waals surface area contributed by atoms with Crippen LogP contribution < -0.4 is 38.9 Å². The lowest BCUT2D eigenvalue weighted by molar-refractivity contribution is -0.384. The van der Waals surface area contributed by atoms with Crippen molar-refractivity contribution in [2.24, 2.45) is 11.3 Å². The molecular weight excluding hydrogens is 1140 g/mol. The van der Waals surface area contributed by atoms with Crippen molar-refractivity contribution in [1.82, 2.24) is 29.5 Å². The summed E-state index contributed by atoms with van der Waals surface area (Å²) in [4.78, 5) is 49.5. The maximum Gasteiger partial charge on any atom is 0.297 e. The van der Waals surface area contributed by atoms with Crippen LogP contribution in [0.15, 0.2) is 78.0 Å². The Kier molecular flexibility index (Phi) is 15.3. The normalized spacial score (nSPS) is 23.6. The first-order valence-corrected chi connectivity index (χ1v) is 31.7. The van der Waals surface area contributed by atoms with E-state index in [9.17, 15) is 23.3 Å². The molecule has 3 aromatic carbocycles. The standard InChI is InChI=1S/C62H71F2N11O11S/c1-37-5-3-4-6-43(37)50-34-70(33-38-25-52(81-2)59(66-32-38)72-18-23-83-24-19-72)16-17-73(50)41-30-62(31-41)11-14-71(15-12-62)57-45(63)29-44(56(54(57)64)74-47-10-22-84-36-53(47)86-61-49(74)26-40-7-13-65-58(40)68-61)60(76)69-87(79,80)42-27-48(75(77)78)55-51(28-42)85-35-46(67-55)39-8-20-82-21-9-39/h3-7,13,25-29,32,39,41,46-47,50,53,67H,8-12,14-24,30-31,33-36H2,1-2H3,(H,65,68)(H,69,76)/t46-,47-,50-,53-/m0/s1. The van der Waals surface area contributed by atoms with Gasteiger partial charge in [0, 0.05) is 114 Å². The van der Waals surface area contributed by atoms with Crippen LogP contribution in [-0.2, 0) is 30.8 Å². The zero-order valence-corrected chi connectivity index (χ0v) is 49.5. The minimum absolute atomic E-state index is 0.0112. The number of aromatic amines is 1. The second-order valence-corrected chi connectivity index (χ2v) is 26.2. The highest BCUT2D eigenvalue weighted by Crippen LogP contribution is 2.55. The Hall–Kier alpha value is -7.42. The van der Waals surface area contributed by atoms with E-state index >= 15 is 8.78 Å². The Labute approximate surface area is 502 Å². The maximum atomic E-state index is 18.5. The average molecular weight is 1220 g/mol. The number of fused-ring (bicyclic) bond motifs is 4. The molecule has 0 bridgehead atoms. The van der Waals surface area contributed by atoms with Gasteiger partial charge in [-0.2, -0.15) is 4.98 Å². The molecule has 0 radical (unpaired) electrons. The number of halogens is 2. The van der Waals surface area contributed by atoms with Gasteiger partial charge >= 0.3 is 0 Å². The number of sulfonamides is 1. The Morgan fingerprint density at radius 3 is 2.47 bits per heavy atom. The third-order valence-corrected chi connectivity index (χ3v) is 20.8. The summed E-state index contributed by atoms with van der Waals surface area (Å²) in [6.07, 6.45) is 7.87. The molecule has 3 N–H and O–H groups in total. The highest BCUT2D eigenvalue weighted by molar-refractivity contribution is 7.90. The molecule has 4 atom stereocenters. The molecule has 6 fully saturated rings. The lowest BCUT2D eigenvalue weighted by atomic mass is 9.59. The fourth-order valence-corrected chi connectivity index (χ4v) is 15.8. The fraction of sp³-hybridized carbons (Fsp3) is 0.500. The summed E-state index contributed by atoms with van der Waals surface area (Å²) in [5.41, 5.74) is 2.43. The van der Waals surface area contributed by atoms with Gasteiger partial charge in [-0.25, -0.2) is 26.9 Å². The molecule has 1 aliphatic carbocycles. The molecule has 460 valence electrons. The molecule has 1 amide bonds. The number of rotatable bonds is 13. The minimum atomic E-state index is -4.99. The number of piperazine rings is 1. The largest absolute Gasteiger partial charge is 0.493 e. The molecule has 10 heterocycles. The van der Waals surface area contributed by atoms with Gasteiger partial charge in [0.2, 0.25) is 5.88 Å². The number of H-pyrrole nitrogens is 1. The van der Waals surface area contributed by atoms with E-state index in [1.54, 1.807) is 35.2 Å². The van der Waals surface area contributed by atoms with Crippen molar-refractivity contribution in [3.8, 4) is 17.4 Å². The van der Waals surface area contributed by atoms with Crippen LogP contribution in [0.5, 0.6) is 17.4 Å². The molecule has 87 heavy (non-hydrogen) atoms. The van der Waals surface area contributed by atoms with Crippen molar-refractivity contribution in [3.05, 3.63) is 117 Å². The zero-order valence-electron chi connectivity index (χ0n) is 48.7. The van der Waals surface area contributed by atoms with Crippen LogP contribution in [0.3, 0.4) is 0 Å². The lowest BCUT2D eigenvalue weighted by Crippen LogP contribution is -2.60. The van der Waals surface area contributed by atoms with Crippen LogP contribution in [0.25, 0.3) is 11.0 Å². The molecule has 5 saturated heterocycles. The molecule has 1 saturated carbocycles. The first kappa shape index (κ1) is 57.3. The molecule has 7 aliphatic heterocycles. The number of nitro benzene ring substituents is 1. The minimum Gasteiger partial charge on any atom is -0.493 e. The van der Waals surface area contributed by atoms with Crippen LogP contribution in [0, 0.1) is 40.0 Å². The molecule has 22 nitrogen and oxygen atoms in total. The van der Waals surface area contributed by atoms with Crippen molar-refractivity contribution >= 4 is 61.2 Å². The summed E-state index contributed by atoms with van der Waals surface area (Å²) < 4.78 is 102. The lowest BCUT2D eigenvalue weighted by Gasteiger charge is -2.58. The molecular formula is C62H71F2N11O11S. The smallest absolute Gasteiger partial charge is 0.297 e. The van der Waals surface area contributed by atoms with Crippen molar-refractivity contribution in [2.45, 2.75) is 93.6 Å². The van der Waals surface area contributed by atoms with Crippen LogP contribution in [0.1, 0.15) is 78.0 Å². The van der Waals surface area contributed by atoms with Gasteiger partial charge < -0.3 is 53.4 Å². The van der Waals surface area contributed by atoms with Crippen LogP contribution in [0.4, 0.5) is 43.0 Å².